The van der Waals surface area contributed by atoms with Gasteiger partial charge in [0.2, 0.25) is 0 Å². The molecular weight excluding hydrogens is 317 g/mol. The predicted molar refractivity (Wildman–Crippen MR) is 80.0 cm³/mol. The largest absolute Gasteiger partial charge is 0.418 e. The molecule has 0 bridgehead atoms. The normalized spacial score (nSPS) is 17.8. The van der Waals surface area contributed by atoms with E-state index in [1.54, 1.807) is 11.8 Å². The van der Waals surface area contributed by atoms with Crippen molar-refractivity contribution in [3.8, 4) is 0 Å². The van der Waals surface area contributed by atoms with E-state index in [1.807, 2.05) is 0 Å². The molecule has 1 aromatic carbocycles. The van der Waals surface area contributed by atoms with Crippen molar-refractivity contribution in [2.24, 2.45) is 0 Å². The third kappa shape index (κ3) is 4.54. The van der Waals surface area contributed by atoms with Crippen LogP contribution in [-0.4, -0.2) is 34.8 Å². The molecule has 122 valence electrons. The molecule has 0 atom stereocenters. The second-order valence-corrected chi connectivity index (χ2v) is 6.41. The van der Waals surface area contributed by atoms with Gasteiger partial charge in [0.25, 0.3) is 0 Å². The number of rotatable bonds is 3. The number of thioether (sulfide) groups is 1. The Hall–Kier alpha value is -1.41. The molecule has 2 rings (SSSR count). The molecule has 3 N–H and O–H groups in total. The van der Waals surface area contributed by atoms with Crippen LogP contribution >= 0.6 is 11.8 Å². The Morgan fingerprint density at radius 2 is 1.91 bits per heavy atom. The van der Waals surface area contributed by atoms with Crippen LogP contribution < -0.4 is 10.6 Å². The van der Waals surface area contributed by atoms with E-state index >= 15 is 0 Å². The second-order valence-electron chi connectivity index (χ2n) is 5.19. The molecular formula is C14H17F3N2O2S. The number of para-hydroxylation sites is 1. The van der Waals surface area contributed by atoms with Crippen molar-refractivity contribution >= 4 is 23.5 Å². The van der Waals surface area contributed by atoms with Crippen molar-refractivity contribution in [1.29, 1.82) is 0 Å². The molecule has 0 saturated carbocycles. The van der Waals surface area contributed by atoms with Crippen molar-refractivity contribution in [1.82, 2.24) is 5.32 Å². The topological polar surface area (TPSA) is 61.4 Å². The molecule has 0 aromatic heterocycles. The van der Waals surface area contributed by atoms with Gasteiger partial charge < -0.3 is 15.7 Å². The Bertz CT molecular complexity index is 531. The number of amides is 2. The van der Waals surface area contributed by atoms with E-state index < -0.39 is 23.4 Å². The lowest BCUT2D eigenvalue weighted by Crippen LogP contribution is -2.46. The van der Waals surface area contributed by atoms with Crippen LogP contribution in [0.3, 0.4) is 0 Å². The van der Waals surface area contributed by atoms with Gasteiger partial charge in [0.1, 0.15) is 0 Å². The Morgan fingerprint density at radius 3 is 2.55 bits per heavy atom. The van der Waals surface area contributed by atoms with Gasteiger partial charge in [-0.05, 0) is 36.5 Å². The molecule has 22 heavy (non-hydrogen) atoms. The van der Waals surface area contributed by atoms with Gasteiger partial charge in [-0.25, -0.2) is 4.79 Å². The van der Waals surface area contributed by atoms with Crippen LogP contribution in [0.2, 0.25) is 0 Å². The fourth-order valence-corrected chi connectivity index (χ4v) is 3.43. The summed E-state index contributed by atoms with van der Waals surface area (Å²) >= 11 is 1.73. The molecule has 1 heterocycles. The van der Waals surface area contributed by atoms with Crippen LogP contribution in [0.1, 0.15) is 18.4 Å². The molecule has 0 aliphatic carbocycles. The number of halogens is 3. The number of urea groups is 1. The molecule has 0 spiro atoms. The smallest absolute Gasteiger partial charge is 0.388 e. The Morgan fingerprint density at radius 1 is 1.27 bits per heavy atom. The van der Waals surface area contributed by atoms with Crippen LogP contribution in [-0.2, 0) is 6.18 Å². The maximum atomic E-state index is 12.8. The number of carbonyl (C=O) groups excluding carboxylic acids is 1. The van der Waals surface area contributed by atoms with Gasteiger partial charge in [0, 0.05) is 6.54 Å². The van der Waals surface area contributed by atoms with Crippen LogP contribution in [0.4, 0.5) is 23.7 Å². The minimum absolute atomic E-state index is 0.0214. The maximum absolute atomic E-state index is 12.8. The molecule has 0 radical (unpaired) electrons. The lowest BCUT2D eigenvalue weighted by Gasteiger charge is -2.31. The van der Waals surface area contributed by atoms with E-state index in [-0.39, 0.29) is 12.2 Å². The van der Waals surface area contributed by atoms with Crippen LogP contribution in [0.15, 0.2) is 24.3 Å². The molecule has 1 fully saturated rings. The van der Waals surface area contributed by atoms with Crippen molar-refractivity contribution < 1.29 is 23.1 Å². The van der Waals surface area contributed by atoms with E-state index in [4.69, 9.17) is 0 Å². The van der Waals surface area contributed by atoms with Gasteiger partial charge in [0.15, 0.2) is 0 Å². The Balaban J connectivity index is 1.95. The summed E-state index contributed by atoms with van der Waals surface area (Å²) in [6.07, 6.45) is -3.43. The van der Waals surface area contributed by atoms with Crippen molar-refractivity contribution in [3.05, 3.63) is 29.8 Å². The highest BCUT2D eigenvalue weighted by Gasteiger charge is 2.34. The van der Waals surface area contributed by atoms with E-state index in [0.717, 1.165) is 17.6 Å². The van der Waals surface area contributed by atoms with Gasteiger partial charge in [-0.15, -0.1) is 0 Å². The van der Waals surface area contributed by atoms with Crippen LogP contribution in [0.25, 0.3) is 0 Å². The summed E-state index contributed by atoms with van der Waals surface area (Å²) < 4.78 is 38.5. The number of nitrogens with one attached hydrogen (secondary N) is 2. The lowest BCUT2D eigenvalue weighted by molar-refractivity contribution is -0.136. The first-order chi connectivity index (χ1) is 10.3. The summed E-state index contributed by atoms with van der Waals surface area (Å²) in [4.78, 5) is 11.8. The summed E-state index contributed by atoms with van der Waals surface area (Å²) in [6.45, 7) is 0.0214. The number of alkyl halides is 3. The van der Waals surface area contributed by atoms with Gasteiger partial charge in [-0.1, -0.05) is 12.1 Å². The summed E-state index contributed by atoms with van der Waals surface area (Å²) in [5.74, 6) is 1.60. The number of anilines is 1. The fraction of sp³-hybridized carbons (Fsp3) is 0.500. The SMILES string of the molecule is O=C(NCC1(O)CCSCC1)Nc1ccccc1C(F)(F)F. The molecule has 0 unspecified atom stereocenters. The molecule has 1 saturated heterocycles. The first-order valence-corrected chi connectivity index (χ1v) is 7.97. The zero-order chi connectivity index (χ0) is 16.2. The Kier molecular flexibility index (Phi) is 5.23. The Labute approximate surface area is 130 Å². The van der Waals surface area contributed by atoms with Gasteiger partial charge in [-0.2, -0.15) is 24.9 Å². The summed E-state index contributed by atoms with van der Waals surface area (Å²) in [6, 6.07) is 4.00. The monoisotopic (exact) mass is 334 g/mol. The first-order valence-electron chi connectivity index (χ1n) is 6.81. The summed E-state index contributed by atoms with van der Waals surface area (Å²) in [5.41, 5.74) is -2.19. The quantitative estimate of drug-likeness (QED) is 0.796. The maximum Gasteiger partial charge on any atom is 0.418 e. The average Bonchev–Trinajstić information content (AvgIpc) is 2.46. The van der Waals surface area contributed by atoms with Crippen molar-refractivity contribution in [2.75, 3.05) is 23.4 Å². The zero-order valence-electron chi connectivity index (χ0n) is 11.7. The molecule has 4 nitrogen and oxygen atoms in total. The predicted octanol–water partition coefficient (Wildman–Crippen LogP) is 3.09. The molecule has 1 aliphatic rings. The number of aliphatic hydroxyl groups is 1. The minimum Gasteiger partial charge on any atom is -0.388 e. The molecule has 1 aliphatic heterocycles. The van der Waals surface area contributed by atoms with Crippen molar-refractivity contribution in [3.63, 3.8) is 0 Å². The zero-order valence-corrected chi connectivity index (χ0v) is 12.6. The fourth-order valence-electron chi connectivity index (χ4n) is 2.18. The third-order valence-corrected chi connectivity index (χ3v) is 4.47. The number of benzene rings is 1. The van der Waals surface area contributed by atoms with E-state index in [9.17, 15) is 23.1 Å². The average molecular weight is 334 g/mol. The molecule has 1 aromatic rings. The van der Waals surface area contributed by atoms with Gasteiger partial charge in [-0.3, -0.25) is 0 Å². The van der Waals surface area contributed by atoms with Gasteiger partial charge in [0.05, 0.1) is 16.9 Å². The van der Waals surface area contributed by atoms with Crippen LogP contribution in [0, 0.1) is 0 Å². The van der Waals surface area contributed by atoms with E-state index in [1.165, 1.54) is 18.2 Å². The number of hydrogen-bond acceptors (Lipinski definition) is 3. The third-order valence-electron chi connectivity index (χ3n) is 3.48. The lowest BCUT2D eigenvalue weighted by atomic mass is 9.97. The highest BCUT2D eigenvalue weighted by molar-refractivity contribution is 7.99. The first kappa shape index (κ1) is 17.0. The minimum atomic E-state index is -4.54. The number of carbonyl (C=O) groups is 1. The van der Waals surface area contributed by atoms with E-state index in [2.05, 4.69) is 10.6 Å². The van der Waals surface area contributed by atoms with Gasteiger partial charge >= 0.3 is 12.2 Å². The number of hydrogen-bond donors (Lipinski definition) is 3. The van der Waals surface area contributed by atoms with Crippen molar-refractivity contribution in [2.45, 2.75) is 24.6 Å². The second kappa shape index (κ2) is 6.78. The van der Waals surface area contributed by atoms with Crippen LogP contribution in [0.5, 0.6) is 0 Å². The summed E-state index contributed by atoms with van der Waals surface area (Å²) in [5, 5.41) is 14.9. The molecule has 8 heteroatoms. The standard InChI is InChI=1S/C14H17F3N2O2S/c15-14(16,17)10-3-1-2-4-11(10)19-12(20)18-9-13(21)5-7-22-8-6-13/h1-4,21H,5-9H2,(H2,18,19,20). The molecule has 2 amide bonds. The summed E-state index contributed by atoms with van der Waals surface area (Å²) in [7, 11) is 0. The van der Waals surface area contributed by atoms with E-state index in [0.29, 0.717) is 12.8 Å². The highest BCUT2D eigenvalue weighted by Crippen LogP contribution is 2.34. The highest BCUT2D eigenvalue weighted by atomic mass is 32.2.